The van der Waals surface area contributed by atoms with Crippen molar-refractivity contribution < 1.29 is 27.9 Å². The van der Waals surface area contributed by atoms with Crippen LogP contribution in [-0.2, 0) is 19.6 Å². The highest BCUT2D eigenvalue weighted by Gasteiger charge is 2.40. The fourth-order valence-electron chi connectivity index (χ4n) is 1.85. The lowest BCUT2D eigenvalue weighted by Crippen LogP contribution is -2.49. The van der Waals surface area contributed by atoms with Gasteiger partial charge in [-0.2, -0.15) is 0 Å². The second-order valence-electron chi connectivity index (χ2n) is 4.67. The summed E-state index contributed by atoms with van der Waals surface area (Å²) in [5, 5.41) is 18.8. The van der Waals surface area contributed by atoms with Crippen LogP contribution < -0.4 is 15.8 Å². The third-order valence-electron chi connectivity index (χ3n) is 3.16. The highest BCUT2D eigenvalue weighted by Crippen LogP contribution is 2.29. The lowest BCUT2D eigenvalue weighted by molar-refractivity contribution is -0.154. The predicted octanol–water partition coefficient (Wildman–Crippen LogP) is -1.54. The van der Waals surface area contributed by atoms with E-state index in [9.17, 15) is 23.1 Å². The molecule has 0 aromatic heterocycles. The molecule has 5 N–H and O–H groups in total. The average molecular weight is 309 g/mol. The molecule has 0 aliphatic carbocycles. The lowest BCUT2D eigenvalue weighted by Gasteiger charge is -2.33. The number of primary sulfonamides is 1. The molecular formula is C10H19N3O6S. The van der Waals surface area contributed by atoms with Crippen molar-refractivity contribution in [3.63, 3.8) is 0 Å². The van der Waals surface area contributed by atoms with Crippen LogP contribution in [0.2, 0.25) is 0 Å². The Hall–Kier alpha value is -1.39. The summed E-state index contributed by atoms with van der Waals surface area (Å²) < 4.78 is 26.5. The molecule has 0 aromatic rings. The molecule has 2 amide bonds. The van der Waals surface area contributed by atoms with Gasteiger partial charge < -0.3 is 20.5 Å². The Kier molecular flexibility index (Phi) is 5.72. The van der Waals surface area contributed by atoms with Crippen LogP contribution in [-0.4, -0.2) is 57.6 Å². The Morgan fingerprint density at radius 2 is 1.85 bits per heavy atom. The Labute approximate surface area is 116 Å². The van der Waals surface area contributed by atoms with Crippen LogP contribution in [0.15, 0.2) is 0 Å². The lowest BCUT2D eigenvalue weighted by atomic mass is 9.80. The third kappa shape index (κ3) is 5.31. The first kappa shape index (κ1) is 16.7. The van der Waals surface area contributed by atoms with Crippen molar-refractivity contribution in [2.75, 3.05) is 32.1 Å². The molecule has 0 radical (unpaired) electrons. The predicted molar refractivity (Wildman–Crippen MR) is 69.5 cm³/mol. The molecule has 1 heterocycles. The number of ether oxygens (including phenoxy) is 1. The first-order valence-electron chi connectivity index (χ1n) is 6.08. The van der Waals surface area contributed by atoms with E-state index >= 15 is 0 Å². The summed E-state index contributed by atoms with van der Waals surface area (Å²) in [7, 11) is -3.63. The van der Waals surface area contributed by atoms with E-state index in [-0.39, 0.29) is 18.8 Å². The molecule has 1 aliphatic rings. The number of amides is 2. The number of nitrogens with two attached hydrogens (primary N) is 1. The van der Waals surface area contributed by atoms with E-state index in [4.69, 9.17) is 9.88 Å². The summed E-state index contributed by atoms with van der Waals surface area (Å²) in [5.74, 6) is -1.36. The molecule has 1 rings (SSSR count). The standard InChI is InChI=1S/C10H19N3O6S/c11-20(17,18)6-3-12-9(16)13-7-10(8(14)15)1-4-19-5-2-10/h1-7H2,(H,14,15)(H2,11,17,18)(H2,12,13,16). The number of hydrogen-bond acceptors (Lipinski definition) is 5. The number of carbonyl (C=O) groups is 2. The smallest absolute Gasteiger partial charge is 0.314 e. The molecule has 9 nitrogen and oxygen atoms in total. The quantitative estimate of drug-likeness (QED) is 0.467. The topological polar surface area (TPSA) is 148 Å². The molecule has 10 heteroatoms. The van der Waals surface area contributed by atoms with Crippen molar-refractivity contribution in [3.8, 4) is 0 Å². The first-order valence-corrected chi connectivity index (χ1v) is 7.80. The number of hydrogen-bond donors (Lipinski definition) is 4. The number of carboxylic acid groups (broad SMARTS) is 1. The van der Waals surface area contributed by atoms with Crippen molar-refractivity contribution in [1.82, 2.24) is 10.6 Å². The summed E-state index contributed by atoms with van der Waals surface area (Å²) >= 11 is 0. The van der Waals surface area contributed by atoms with E-state index < -0.39 is 27.4 Å². The van der Waals surface area contributed by atoms with E-state index in [0.29, 0.717) is 26.1 Å². The zero-order valence-corrected chi connectivity index (χ0v) is 11.7. The van der Waals surface area contributed by atoms with Gasteiger partial charge in [-0.25, -0.2) is 18.4 Å². The van der Waals surface area contributed by atoms with Gasteiger partial charge in [0.25, 0.3) is 0 Å². The molecule has 0 aromatic carbocycles. The molecule has 0 saturated carbocycles. The van der Waals surface area contributed by atoms with Crippen molar-refractivity contribution >= 4 is 22.0 Å². The minimum atomic E-state index is -3.63. The Balaban J connectivity index is 2.40. The van der Waals surface area contributed by atoms with Crippen molar-refractivity contribution in [3.05, 3.63) is 0 Å². The summed E-state index contributed by atoms with van der Waals surface area (Å²) in [6.45, 7) is 0.503. The van der Waals surface area contributed by atoms with E-state index in [2.05, 4.69) is 10.6 Å². The van der Waals surface area contributed by atoms with E-state index in [1.807, 2.05) is 0 Å². The maximum Gasteiger partial charge on any atom is 0.314 e. The summed E-state index contributed by atoms with van der Waals surface area (Å²) in [6, 6.07) is -0.624. The summed E-state index contributed by atoms with van der Waals surface area (Å²) in [5.41, 5.74) is -1.03. The van der Waals surface area contributed by atoms with Crippen LogP contribution in [0, 0.1) is 5.41 Å². The van der Waals surface area contributed by atoms with Gasteiger partial charge in [-0.1, -0.05) is 0 Å². The second-order valence-corrected chi connectivity index (χ2v) is 6.41. The molecule has 1 aliphatic heterocycles. The van der Waals surface area contributed by atoms with Gasteiger partial charge in [-0.3, -0.25) is 4.79 Å². The fraction of sp³-hybridized carbons (Fsp3) is 0.800. The second kappa shape index (κ2) is 6.86. The number of aliphatic carboxylic acids is 1. The maximum absolute atomic E-state index is 11.5. The van der Waals surface area contributed by atoms with Gasteiger partial charge in [0, 0.05) is 26.3 Å². The van der Waals surface area contributed by atoms with Crippen molar-refractivity contribution in [1.29, 1.82) is 0 Å². The van der Waals surface area contributed by atoms with Gasteiger partial charge in [0.05, 0.1) is 11.2 Å². The molecule has 1 saturated heterocycles. The van der Waals surface area contributed by atoms with Crippen LogP contribution in [0.4, 0.5) is 4.79 Å². The Morgan fingerprint density at radius 3 is 2.35 bits per heavy atom. The van der Waals surface area contributed by atoms with Crippen LogP contribution in [0.3, 0.4) is 0 Å². The van der Waals surface area contributed by atoms with E-state index in [0.717, 1.165) is 0 Å². The van der Waals surface area contributed by atoms with Crippen LogP contribution in [0.1, 0.15) is 12.8 Å². The Bertz CT molecular complexity index is 458. The largest absolute Gasteiger partial charge is 0.481 e. The SMILES string of the molecule is NS(=O)(=O)CCNC(=O)NCC1(C(=O)O)CCOCC1. The van der Waals surface area contributed by atoms with Gasteiger partial charge in [0.15, 0.2) is 0 Å². The minimum Gasteiger partial charge on any atom is -0.481 e. The minimum absolute atomic E-state index is 0.0348. The van der Waals surface area contributed by atoms with Crippen LogP contribution in [0.25, 0.3) is 0 Å². The molecule has 0 spiro atoms. The molecule has 0 unspecified atom stereocenters. The first-order chi connectivity index (χ1) is 9.25. The van der Waals surface area contributed by atoms with Crippen LogP contribution >= 0.6 is 0 Å². The van der Waals surface area contributed by atoms with Gasteiger partial charge in [0.1, 0.15) is 0 Å². The third-order valence-corrected chi connectivity index (χ3v) is 3.94. The highest BCUT2D eigenvalue weighted by molar-refractivity contribution is 7.89. The number of rotatable bonds is 6. The van der Waals surface area contributed by atoms with Crippen molar-refractivity contribution in [2.24, 2.45) is 10.6 Å². The van der Waals surface area contributed by atoms with Gasteiger partial charge in [-0.15, -0.1) is 0 Å². The number of urea groups is 1. The fourth-order valence-corrected chi connectivity index (χ4v) is 2.23. The molecule has 0 bridgehead atoms. The van der Waals surface area contributed by atoms with E-state index in [1.54, 1.807) is 0 Å². The van der Waals surface area contributed by atoms with Crippen molar-refractivity contribution in [2.45, 2.75) is 12.8 Å². The number of sulfonamides is 1. The normalized spacial score (nSPS) is 18.2. The number of carbonyl (C=O) groups excluding carboxylic acids is 1. The monoisotopic (exact) mass is 309 g/mol. The van der Waals surface area contributed by atoms with Gasteiger partial charge in [-0.05, 0) is 12.8 Å². The summed E-state index contributed by atoms with van der Waals surface area (Å²) in [6.07, 6.45) is 0.638. The molecule has 116 valence electrons. The maximum atomic E-state index is 11.5. The van der Waals surface area contributed by atoms with Gasteiger partial charge >= 0.3 is 12.0 Å². The number of carboxylic acids is 1. The van der Waals surface area contributed by atoms with E-state index in [1.165, 1.54) is 0 Å². The number of nitrogens with one attached hydrogen (secondary N) is 2. The van der Waals surface area contributed by atoms with Gasteiger partial charge in [0.2, 0.25) is 10.0 Å². The molecular weight excluding hydrogens is 290 g/mol. The van der Waals surface area contributed by atoms with Crippen LogP contribution in [0.5, 0.6) is 0 Å². The zero-order chi connectivity index (χ0) is 15.2. The molecule has 0 atom stereocenters. The zero-order valence-electron chi connectivity index (χ0n) is 10.9. The average Bonchev–Trinajstić information content (AvgIpc) is 2.36. The highest BCUT2D eigenvalue weighted by atomic mass is 32.2. The Morgan fingerprint density at radius 1 is 1.25 bits per heavy atom. The molecule has 1 fully saturated rings. The summed E-state index contributed by atoms with van der Waals surface area (Å²) in [4.78, 5) is 22.8. The molecule has 20 heavy (non-hydrogen) atoms.